The van der Waals surface area contributed by atoms with Gasteiger partial charge in [0.15, 0.2) is 0 Å². The maximum absolute atomic E-state index is 12.4. The Hall–Kier alpha value is 0.279. The first kappa shape index (κ1) is 37.3. The van der Waals surface area contributed by atoms with Crippen LogP contribution in [0.4, 0.5) is 0 Å². The quantitative estimate of drug-likeness (QED) is 0.102. The van der Waals surface area contributed by atoms with E-state index in [-0.39, 0.29) is 25.7 Å². The van der Waals surface area contributed by atoms with Crippen LogP contribution in [0, 0.1) is 0 Å². The zero-order valence-electron chi connectivity index (χ0n) is 21.2. The maximum atomic E-state index is 12.4. The van der Waals surface area contributed by atoms with E-state index in [1.165, 1.54) is 0 Å². The van der Waals surface area contributed by atoms with Crippen molar-refractivity contribution < 1.29 is 60.5 Å². The molecule has 0 aliphatic heterocycles. The van der Waals surface area contributed by atoms with Gasteiger partial charge in [0.25, 0.3) is 0 Å². The van der Waals surface area contributed by atoms with Gasteiger partial charge in [0.05, 0.1) is 0 Å². The predicted molar refractivity (Wildman–Crippen MR) is 129 cm³/mol. The fourth-order valence-corrected chi connectivity index (χ4v) is 19.5. The Morgan fingerprint density at radius 2 is 0.595 bits per heavy atom. The number of hydrogen-bond donors (Lipinski definition) is 0. The van der Waals surface area contributed by atoms with E-state index in [0.29, 0.717) is 25.7 Å². The fraction of sp³-hybridized carbons (Fsp3) is 1.00. The van der Waals surface area contributed by atoms with Crippen LogP contribution in [0.5, 0.6) is 0 Å². The van der Waals surface area contributed by atoms with E-state index < -0.39 is 88.1 Å². The molecule has 0 aliphatic carbocycles. The molecule has 16 nitrogen and oxygen atoms in total. The molecule has 0 heterocycles. The molecule has 0 aromatic heterocycles. The van der Waals surface area contributed by atoms with Gasteiger partial charge in [0, 0.05) is 0 Å². The predicted octanol–water partition coefficient (Wildman–Crippen LogP) is 1.73. The third-order valence-corrected chi connectivity index (χ3v) is 21.2. The van der Waals surface area contributed by atoms with Gasteiger partial charge in [-0.25, -0.2) is 0 Å². The summed E-state index contributed by atoms with van der Waals surface area (Å²) < 4.78 is 136. The van der Waals surface area contributed by atoms with Gasteiger partial charge in [-0.3, -0.25) is 0 Å². The Kier molecular flexibility index (Phi) is 18.0. The molecule has 0 rings (SSSR count). The Balaban J connectivity index is 6.55. The van der Waals surface area contributed by atoms with Gasteiger partial charge in [-0.1, -0.05) is 0 Å². The van der Waals surface area contributed by atoms with Crippen LogP contribution in [-0.4, -0.2) is 80.1 Å². The summed E-state index contributed by atoms with van der Waals surface area (Å²) in [6.45, 7) is 4.82. The van der Waals surface area contributed by atoms with Gasteiger partial charge >= 0.3 is 228 Å². The summed E-state index contributed by atoms with van der Waals surface area (Å²) in [5.41, 5.74) is 0. The third kappa shape index (κ3) is 18.3. The summed E-state index contributed by atoms with van der Waals surface area (Å²) >= 11 is -7.46. The van der Waals surface area contributed by atoms with Crippen LogP contribution >= 0.6 is 0 Å². The van der Waals surface area contributed by atoms with Crippen molar-refractivity contribution >= 4 is 61.6 Å². The third-order valence-electron chi connectivity index (χ3n) is 3.72. The summed E-state index contributed by atoms with van der Waals surface area (Å²) in [6, 6.07) is 0. The summed E-state index contributed by atoms with van der Waals surface area (Å²) in [5.74, 6) is 0. The molecule has 37 heavy (non-hydrogen) atoms. The van der Waals surface area contributed by atoms with E-state index in [9.17, 15) is 33.7 Å². The molecule has 0 saturated heterocycles. The van der Waals surface area contributed by atoms with E-state index in [2.05, 4.69) is 26.8 Å². The van der Waals surface area contributed by atoms with Crippen molar-refractivity contribution in [1.82, 2.24) is 0 Å². The Morgan fingerprint density at radius 3 is 0.757 bits per heavy atom. The second-order valence-corrected chi connectivity index (χ2v) is 20.6. The van der Waals surface area contributed by atoms with Crippen LogP contribution < -0.4 is 0 Å². The standard InChI is InChI=1S/4C4H10O4S.Sn/c4*1-2-3-4-8-9(5,6)7;/h4*2-4H2,1H3,(H,5,6,7);/q;;;;+4/p-4. The molecule has 0 spiro atoms. The first-order valence-electron chi connectivity index (χ1n) is 11.5. The zero-order valence-corrected chi connectivity index (χ0v) is 27.3. The van der Waals surface area contributed by atoms with Crippen LogP contribution in [0.2, 0.25) is 0 Å². The minimum absolute atomic E-state index is 0.183. The second kappa shape index (κ2) is 17.9. The van der Waals surface area contributed by atoms with Crippen molar-refractivity contribution in [1.29, 1.82) is 0 Å². The zero-order chi connectivity index (χ0) is 28.6. The van der Waals surface area contributed by atoms with Crippen LogP contribution in [0.1, 0.15) is 79.1 Å². The van der Waals surface area contributed by atoms with Crippen molar-refractivity contribution in [2.24, 2.45) is 0 Å². The van der Waals surface area contributed by atoms with E-state index >= 15 is 0 Å². The van der Waals surface area contributed by atoms with Crippen molar-refractivity contribution in [2.75, 3.05) is 26.4 Å². The molecule has 224 valence electrons. The molecular formula is C16H36O16S4Sn. The van der Waals surface area contributed by atoms with Crippen LogP contribution in [-0.2, 0) is 68.4 Å². The Bertz CT molecular complexity index is 883. The summed E-state index contributed by atoms with van der Waals surface area (Å²) in [4.78, 5) is 0. The van der Waals surface area contributed by atoms with Gasteiger partial charge in [-0.05, 0) is 0 Å². The summed E-state index contributed by atoms with van der Waals surface area (Å²) in [7, 11) is -21.4. The SMILES string of the molecule is CCCCOS(=O)(=O)[O][Sn]([O]S(=O)(=O)OCCCC)([O]S(=O)(=O)OCCCC)[O]S(=O)(=O)OCCCC. The first-order valence-corrected chi connectivity index (χ1v) is 21.5. The normalized spacial score (nSPS) is 13.7. The van der Waals surface area contributed by atoms with E-state index in [0.717, 1.165) is 0 Å². The monoisotopic (exact) mass is 732 g/mol. The van der Waals surface area contributed by atoms with E-state index in [4.69, 9.17) is 0 Å². The molecule has 0 fully saturated rings. The molecule has 0 aliphatic rings. The summed E-state index contributed by atoms with van der Waals surface area (Å²) in [6.07, 6.45) is 2.59. The number of hydrogen-bond acceptors (Lipinski definition) is 16. The van der Waals surface area contributed by atoms with Crippen molar-refractivity contribution in [2.45, 2.75) is 79.1 Å². The molecule has 21 heteroatoms. The molecular weight excluding hydrogens is 695 g/mol. The van der Waals surface area contributed by atoms with E-state index in [1.807, 2.05) is 0 Å². The molecule has 0 amide bonds. The molecule has 0 aromatic carbocycles. The van der Waals surface area contributed by atoms with Gasteiger partial charge in [-0.15, -0.1) is 0 Å². The molecule has 0 unspecified atom stereocenters. The number of unbranched alkanes of at least 4 members (excludes halogenated alkanes) is 4. The Labute approximate surface area is 226 Å². The molecule has 0 atom stereocenters. The van der Waals surface area contributed by atoms with Gasteiger partial charge in [-0.2, -0.15) is 0 Å². The molecule has 0 saturated carbocycles. The van der Waals surface area contributed by atoms with Crippen molar-refractivity contribution in [3.8, 4) is 0 Å². The first-order chi connectivity index (χ1) is 17.1. The molecule has 0 bridgehead atoms. The van der Waals surface area contributed by atoms with E-state index in [1.54, 1.807) is 27.7 Å². The average Bonchev–Trinajstić information content (AvgIpc) is 2.72. The second-order valence-electron chi connectivity index (χ2n) is 7.17. The van der Waals surface area contributed by atoms with Crippen LogP contribution in [0.25, 0.3) is 0 Å². The molecule has 0 radical (unpaired) electrons. The number of rotatable bonds is 24. The van der Waals surface area contributed by atoms with Crippen LogP contribution in [0.15, 0.2) is 0 Å². The van der Waals surface area contributed by atoms with Crippen LogP contribution in [0.3, 0.4) is 0 Å². The van der Waals surface area contributed by atoms with Crippen molar-refractivity contribution in [3.05, 3.63) is 0 Å². The fourth-order valence-electron chi connectivity index (χ4n) is 1.90. The minimum atomic E-state index is -7.46. The van der Waals surface area contributed by atoms with Gasteiger partial charge in [0.2, 0.25) is 0 Å². The Morgan fingerprint density at radius 1 is 0.405 bits per heavy atom. The van der Waals surface area contributed by atoms with Gasteiger partial charge in [0.1, 0.15) is 0 Å². The molecule has 0 aromatic rings. The topological polar surface area (TPSA) is 210 Å². The average molecular weight is 731 g/mol. The summed E-state index contributed by atoms with van der Waals surface area (Å²) in [5, 5.41) is 0. The van der Waals surface area contributed by atoms with Gasteiger partial charge < -0.3 is 0 Å². The van der Waals surface area contributed by atoms with Crippen molar-refractivity contribution in [3.63, 3.8) is 0 Å². The molecule has 0 N–H and O–H groups in total.